The molecule has 0 bridgehead atoms. The van der Waals surface area contributed by atoms with Crippen LogP contribution in [-0.2, 0) is 12.8 Å². The van der Waals surface area contributed by atoms with E-state index in [1.807, 2.05) is 6.07 Å². The summed E-state index contributed by atoms with van der Waals surface area (Å²) in [5, 5.41) is 0.851. The topological polar surface area (TPSA) is 0 Å². The van der Waals surface area contributed by atoms with Crippen LogP contribution < -0.4 is 0 Å². The van der Waals surface area contributed by atoms with Crippen LogP contribution in [-0.4, -0.2) is 0 Å². The third kappa shape index (κ3) is 2.74. The smallest absolute Gasteiger partial charge is 0.0408 e. The monoisotopic (exact) mass is 298 g/mol. The molecule has 1 atom stereocenters. The third-order valence-corrected chi connectivity index (χ3v) is 4.79. The lowest BCUT2D eigenvalue weighted by Gasteiger charge is -2.33. The number of hydrogen-bond donors (Lipinski definition) is 0. The first-order valence-corrected chi connectivity index (χ1v) is 8.12. The molecule has 110 valence electrons. The molecule has 0 amide bonds. The van der Waals surface area contributed by atoms with E-state index >= 15 is 0 Å². The Balaban J connectivity index is 2.25. The van der Waals surface area contributed by atoms with E-state index in [-0.39, 0.29) is 5.41 Å². The lowest BCUT2D eigenvalue weighted by molar-refractivity contribution is 0.357. The molecule has 21 heavy (non-hydrogen) atoms. The quantitative estimate of drug-likeness (QED) is 0.566. The molecule has 0 saturated heterocycles. The van der Waals surface area contributed by atoms with Crippen molar-refractivity contribution in [1.82, 2.24) is 0 Å². The zero-order valence-electron chi connectivity index (χ0n) is 13.3. The predicted molar refractivity (Wildman–Crippen MR) is 91.3 cm³/mol. The lowest BCUT2D eigenvalue weighted by Crippen LogP contribution is -2.21. The number of halogens is 1. The SMILES string of the molecule is Cc1ccc2c(c1)CCc1cc(Cl)ccc1C2C(C)(C)C. The van der Waals surface area contributed by atoms with E-state index in [2.05, 4.69) is 58.0 Å². The second-order valence-corrected chi connectivity index (χ2v) is 7.78. The maximum absolute atomic E-state index is 6.23. The first kappa shape index (κ1) is 14.7. The van der Waals surface area contributed by atoms with Gasteiger partial charge in [-0.1, -0.05) is 62.2 Å². The van der Waals surface area contributed by atoms with Crippen molar-refractivity contribution in [2.24, 2.45) is 5.41 Å². The molecule has 1 aliphatic carbocycles. The maximum atomic E-state index is 6.23. The first-order chi connectivity index (χ1) is 9.86. The molecular weight excluding hydrogens is 276 g/mol. The average molecular weight is 299 g/mol. The largest absolute Gasteiger partial charge is 0.0843 e. The van der Waals surface area contributed by atoms with Crippen molar-refractivity contribution >= 4 is 11.6 Å². The van der Waals surface area contributed by atoms with Gasteiger partial charge in [0.1, 0.15) is 0 Å². The summed E-state index contributed by atoms with van der Waals surface area (Å²) >= 11 is 6.23. The van der Waals surface area contributed by atoms with E-state index in [0.29, 0.717) is 5.92 Å². The highest BCUT2D eigenvalue weighted by Gasteiger charge is 2.32. The zero-order chi connectivity index (χ0) is 15.2. The minimum Gasteiger partial charge on any atom is -0.0843 e. The van der Waals surface area contributed by atoms with Crippen LogP contribution in [0.4, 0.5) is 0 Å². The molecule has 0 spiro atoms. The Kier molecular flexibility index (Phi) is 3.61. The van der Waals surface area contributed by atoms with E-state index in [0.717, 1.165) is 17.9 Å². The fourth-order valence-corrected chi connectivity index (χ4v) is 3.87. The number of rotatable bonds is 0. The second-order valence-electron chi connectivity index (χ2n) is 7.34. The molecule has 1 unspecified atom stereocenters. The molecular formula is C20H23Cl. The van der Waals surface area contributed by atoms with Crippen molar-refractivity contribution in [1.29, 1.82) is 0 Å². The Hall–Kier alpha value is -1.27. The van der Waals surface area contributed by atoms with Gasteiger partial charge >= 0.3 is 0 Å². The van der Waals surface area contributed by atoms with Gasteiger partial charge in [0.2, 0.25) is 0 Å². The summed E-state index contributed by atoms with van der Waals surface area (Å²) in [5.74, 6) is 0.433. The summed E-state index contributed by atoms with van der Waals surface area (Å²) in [6.45, 7) is 9.20. The number of hydrogen-bond acceptors (Lipinski definition) is 0. The van der Waals surface area contributed by atoms with Gasteiger partial charge in [0, 0.05) is 10.9 Å². The van der Waals surface area contributed by atoms with Crippen molar-refractivity contribution in [2.45, 2.75) is 46.5 Å². The van der Waals surface area contributed by atoms with Crippen LogP contribution in [0.5, 0.6) is 0 Å². The highest BCUT2D eigenvalue weighted by molar-refractivity contribution is 6.30. The van der Waals surface area contributed by atoms with Crippen molar-refractivity contribution in [3.63, 3.8) is 0 Å². The molecule has 0 saturated carbocycles. The molecule has 2 aromatic carbocycles. The highest BCUT2D eigenvalue weighted by atomic mass is 35.5. The predicted octanol–water partition coefficient (Wildman–Crippen LogP) is 5.93. The minimum absolute atomic E-state index is 0.191. The van der Waals surface area contributed by atoms with E-state index in [1.165, 1.54) is 27.8 Å². The number of aryl methyl sites for hydroxylation is 3. The fourth-order valence-electron chi connectivity index (χ4n) is 3.67. The van der Waals surface area contributed by atoms with Gasteiger partial charge in [0.05, 0.1) is 0 Å². The van der Waals surface area contributed by atoms with Gasteiger partial charge in [0.25, 0.3) is 0 Å². The molecule has 0 fully saturated rings. The summed E-state index contributed by atoms with van der Waals surface area (Å²) in [5.41, 5.74) is 7.41. The fraction of sp³-hybridized carbons (Fsp3) is 0.400. The molecule has 0 aliphatic heterocycles. The Bertz CT molecular complexity index is 623. The standard InChI is InChI=1S/C20H23Cl/c1-13-5-9-17-14(11-13)6-7-15-12-16(21)8-10-18(15)19(17)20(2,3)4/h5,8-12,19H,6-7H2,1-4H3. The summed E-state index contributed by atoms with van der Waals surface area (Å²) in [4.78, 5) is 0. The van der Waals surface area contributed by atoms with Crippen LogP contribution in [0.2, 0.25) is 5.02 Å². The first-order valence-electron chi connectivity index (χ1n) is 7.74. The number of fused-ring (bicyclic) bond motifs is 2. The van der Waals surface area contributed by atoms with Crippen LogP contribution in [0, 0.1) is 12.3 Å². The highest BCUT2D eigenvalue weighted by Crippen LogP contribution is 2.45. The summed E-state index contributed by atoms with van der Waals surface area (Å²) in [6.07, 6.45) is 2.19. The normalized spacial score (nSPS) is 17.9. The average Bonchev–Trinajstić information content (AvgIpc) is 2.54. The van der Waals surface area contributed by atoms with E-state index in [1.54, 1.807) is 0 Å². The van der Waals surface area contributed by atoms with E-state index in [4.69, 9.17) is 11.6 Å². The molecule has 1 aliphatic rings. The number of benzene rings is 2. The van der Waals surface area contributed by atoms with Crippen LogP contribution in [0.25, 0.3) is 0 Å². The lowest BCUT2D eigenvalue weighted by atomic mass is 9.71. The van der Waals surface area contributed by atoms with Gasteiger partial charge in [-0.15, -0.1) is 0 Å². The van der Waals surface area contributed by atoms with Crippen LogP contribution in [0.15, 0.2) is 36.4 Å². The third-order valence-electron chi connectivity index (χ3n) is 4.56. The molecule has 1 heteroatoms. The zero-order valence-corrected chi connectivity index (χ0v) is 14.1. The second kappa shape index (κ2) is 5.18. The van der Waals surface area contributed by atoms with E-state index in [9.17, 15) is 0 Å². The van der Waals surface area contributed by atoms with Gasteiger partial charge in [-0.25, -0.2) is 0 Å². The Morgan fingerprint density at radius 2 is 1.48 bits per heavy atom. The summed E-state index contributed by atoms with van der Waals surface area (Å²) < 4.78 is 0. The van der Waals surface area contributed by atoms with Crippen LogP contribution >= 0.6 is 11.6 Å². The van der Waals surface area contributed by atoms with Crippen LogP contribution in [0.3, 0.4) is 0 Å². The molecule has 2 aromatic rings. The minimum atomic E-state index is 0.191. The van der Waals surface area contributed by atoms with Gasteiger partial charge in [-0.2, -0.15) is 0 Å². The van der Waals surface area contributed by atoms with Gasteiger partial charge in [-0.05, 0) is 59.6 Å². The van der Waals surface area contributed by atoms with Gasteiger partial charge in [-0.3, -0.25) is 0 Å². The van der Waals surface area contributed by atoms with Crippen molar-refractivity contribution in [2.75, 3.05) is 0 Å². The molecule has 0 radical (unpaired) electrons. The molecule has 0 N–H and O–H groups in total. The summed E-state index contributed by atoms with van der Waals surface area (Å²) in [7, 11) is 0. The Morgan fingerprint density at radius 1 is 0.905 bits per heavy atom. The molecule has 0 aromatic heterocycles. The van der Waals surface area contributed by atoms with Crippen LogP contribution in [0.1, 0.15) is 54.5 Å². The van der Waals surface area contributed by atoms with E-state index < -0.39 is 0 Å². The molecule has 3 rings (SSSR count). The van der Waals surface area contributed by atoms with Crippen molar-refractivity contribution in [3.05, 3.63) is 69.2 Å². The van der Waals surface area contributed by atoms with Crippen molar-refractivity contribution < 1.29 is 0 Å². The van der Waals surface area contributed by atoms with Gasteiger partial charge in [0.15, 0.2) is 0 Å². The summed E-state index contributed by atoms with van der Waals surface area (Å²) in [6, 6.07) is 13.4. The van der Waals surface area contributed by atoms with Crippen molar-refractivity contribution in [3.8, 4) is 0 Å². The Morgan fingerprint density at radius 3 is 2.10 bits per heavy atom. The Labute approximate surface area is 133 Å². The molecule has 0 nitrogen and oxygen atoms in total. The van der Waals surface area contributed by atoms with Gasteiger partial charge < -0.3 is 0 Å². The maximum Gasteiger partial charge on any atom is 0.0408 e. The molecule has 0 heterocycles.